The predicted octanol–water partition coefficient (Wildman–Crippen LogP) is 2.19. The van der Waals surface area contributed by atoms with Gasteiger partial charge < -0.3 is 14.6 Å². The number of hydrogen-bond donors (Lipinski definition) is 1. The second-order valence-corrected chi connectivity index (χ2v) is 5.55. The van der Waals surface area contributed by atoms with E-state index in [1.807, 2.05) is 0 Å². The molecule has 124 valence electrons. The molecule has 1 aromatic heterocycles. The molecular weight excluding hydrogens is 314 g/mol. The van der Waals surface area contributed by atoms with Crippen molar-refractivity contribution in [3.05, 3.63) is 38.9 Å². The summed E-state index contributed by atoms with van der Waals surface area (Å²) in [6.07, 6.45) is 0. The zero-order chi connectivity index (χ0) is 17.0. The number of benzene rings is 1. The average Bonchev–Trinajstić information content (AvgIpc) is 2.56. The van der Waals surface area contributed by atoms with Gasteiger partial charge in [-0.25, -0.2) is 4.79 Å². The summed E-state index contributed by atoms with van der Waals surface area (Å²) in [7, 11) is 1.32. The van der Waals surface area contributed by atoms with Gasteiger partial charge in [-0.05, 0) is 43.5 Å². The normalized spacial score (nSPS) is 11.1. The molecule has 0 aliphatic heterocycles. The molecule has 0 spiro atoms. The molecule has 1 N–H and O–H groups in total. The summed E-state index contributed by atoms with van der Waals surface area (Å²) in [5, 5.41) is 0.505. The lowest BCUT2D eigenvalue weighted by atomic mass is 10.1. The number of nitrogens with one attached hydrogen (secondary N) is 1. The highest BCUT2D eigenvalue weighted by Crippen LogP contribution is 2.11. The van der Waals surface area contributed by atoms with E-state index in [1.165, 1.54) is 7.11 Å². The lowest BCUT2D eigenvalue weighted by Gasteiger charge is -2.18. The Morgan fingerprint density at radius 3 is 2.65 bits per heavy atom. The first kappa shape index (κ1) is 17.4. The Morgan fingerprint density at radius 2 is 2.04 bits per heavy atom. The van der Waals surface area contributed by atoms with Crippen molar-refractivity contribution in [2.45, 2.75) is 20.4 Å². The minimum atomic E-state index is -0.447. The summed E-state index contributed by atoms with van der Waals surface area (Å²) < 4.78 is 6.61. The van der Waals surface area contributed by atoms with Crippen LogP contribution in [0.15, 0.2) is 23.0 Å². The van der Waals surface area contributed by atoms with Gasteiger partial charge in [0.25, 0.3) is 5.56 Å². The van der Waals surface area contributed by atoms with E-state index >= 15 is 0 Å². The zero-order valence-corrected chi connectivity index (χ0v) is 14.4. The molecule has 0 saturated carbocycles. The number of ether oxygens (including phenoxy) is 1. The monoisotopic (exact) mass is 335 g/mol. The second kappa shape index (κ2) is 7.52. The number of nitrogens with zero attached hydrogens (tertiary/aromatic N) is 2. The number of aromatic amines is 1. The summed E-state index contributed by atoms with van der Waals surface area (Å²) >= 11 is 5.30. The number of rotatable bonds is 6. The van der Waals surface area contributed by atoms with Crippen molar-refractivity contribution in [3.8, 4) is 0 Å². The van der Waals surface area contributed by atoms with Crippen LogP contribution in [0.5, 0.6) is 0 Å². The largest absolute Gasteiger partial charge is 0.465 e. The number of H-pyrrole nitrogens is 1. The first-order valence-corrected chi connectivity index (χ1v) is 8.00. The lowest BCUT2D eigenvalue weighted by Crippen LogP contribution is -2.31. The van der Waals surface area contributed by atoms with Crippen LogP contribution >= 0.6 is 12.2 Å². The van der Waals surface area contributed by atoms with E-state index in [0.29, 0.717) is 27.8 Å². The molecule has 1 aromatic carbocycles. The van der Waals surface area contributed by atoms with Gasteiger partial charge in [0, 0.05) is 13.1 Å². The number of esters is 1. The highest BCUT2D eigenvalue weighted by molar-refractivity contribution is 7.71. The van der Waals surface area contributed by atoms with Gasteiger partial charge in [-0.1, -0.05) is 13.8 Å². The minimum Gasteiger partial charge on any atom is -0.465 e. The van der Waals surface area contributed by atoms with Crippen LogP contribution in [-0.4, -0.2) is 47.2 Å². The lowest BCUT2D eigenvalue weighted by molar-refractivity contribution is 0.0601. The number of carbonyl (C=O) groups excluding carboxylic acids is 1. The Kier molecular flexibility index (Phi) is 5.68. The third-order valence-electron chi connectivity index (χ3n) is 3.94. The summed E-state index contributed by atoms with van der Waals surface area (Å²) in [6, 6.07) is 4.80. The maximum absolute atomic E-state index is 12.6. The molecule has 2 aromatic rings. The van der Waals surface area contributed by atoms with Gasteiger partial charge in [0.2, 0.25) is 0 Å². The van der Waals surface area contributed by atoms with Crippen molar-refractivity contribution < 1.29 is 9.53 Å². The fourth-order valence-corrected chi connectivity index (χ4v) is 2.77. The van der Waals surface area contributed by atoms with E-state index in [-0.39, 0.29) is 5.56 Å². The SMILES string of the molecule is CCN(CC)CCn1c(=S)[nH]c2cc(C(=O)OC)ccc2c1=O. The molecule has 1 heterocycles. The molecule has 0 fully saturated rings. The number of carbonyl (C=O) groups is 1. The fraction of sp³-hybridized carbons (Fsp3) is 0.438. The van der Waals surface area contributed by atoms with Crippen molar-refractivity contribution in [2.75, 3.05) is 26.7 Å². The number of fused-ring (bicyclic) bond motifs is 1. The van der Waals surface area contributed by atoms with Gasteiger partial charge in [-0.2, -0.15) is 0 Å². The van der Waals surface area contributed by atoms with Crippen LogP contribution in [0.25, 0.3) is 10.9 Å². The molecule has 23 heavy (non-hydrogen) atoms. The van der Waals surface area contributed by atoms with Crippen LogP contribution in [0, 0.1) is 4.77 Å². The summed E-state index contributed by atoms with van der Waals surface area (Å²) in [5.41, 5.74) is 0.778. The summed E-state index contributed by atoms with van der Waals surface area (Å²) in [5.74, 6) is -0.447. The molecular formula is C16H21N3O3S. The van der Waals surface area contributed by atoms with Crippen molar-refractivity contribution >= 4 is 29.1 Å². The first-order chi connectivity index (χ1) is 11.0. The van der Waals surface area contributed by atoms with Crippen molar-refractivity contribution in [1.29, 1.82) is 0 Å². The topological polar surface area (TPSA) is 67.3 Å². The van der Waals surface area contributed by atoms with E-state index in [2.05, 4.69) is 23.7 Å². The van der Waals surface area contributed by atoms with E-state index in [0.717, 1.165) is 19.6 Å². The Morgan fingerprint density at radius 1 is 1.35 bits per heavy atom. The number of methoxy groups -OCH3 is 1. The smallest absolute Gasteiger partial charge is 0.337 e. The molecule has 0 amide bonds. The van der Waals surface area contributed by atoms with Crippen LogP contribution in [0.3, 0.4) is 0 Å². The van der Waals surface area contributed by atoms with E-state index in [4.69, 9.17) is 17.0 Å². The molecule has 6 nitrogen and oxygen atoms in total. The van der Waals surface area contributed by atoms with E-state index < -0.39 is 5.97 Å². The third-order valence-corrected chi connectivity index (χ3v) is 4.26. The molecule has 0 saturated heterocycles. The van der Waals surface area contributed by atoms with Gasteiger partial charge in [-0.3, -0.25) is 9.36 Å². The quantitative estimate of drug-likeness (QED) is 0.647. The fourth-order valence-electron chi connectivity index (χ4n) is 2.48. The number of likely N-dealkylation sites (N-methyl/N-ethyl adjacent to an activating group) is 1. The highest BCUT2D eigenvalue weighted by atomic mass is 32.1. The molecule has 7 heteroatoms. The minimum absolute atomic E-state index is 0.146. The number of aromatic nitrogens is 2. The van der Waals surface area contributed by atoms with E-state index in [9.17, 15) is 9.59 Å². The van der Waals surface area contributed by atoms with Gasteiger partial charge >= 0.3 is 5.97 Å². The predicted molar refractivity (Wildman–Crippen MR) is 92.5 cm³/mol. The molecule has 0 unspecified atom stereocenters. The molecule has 0 aliphatic rings. The van der Waals surface area contributed by atoms with E-state index in [1.54, 1.807) is 22.8 Å². The van der Waals surface area contributed by atoms with Crippen molar-refractivity contribution in [3.63, 3.8) is 0 Å². The second-order valence-electron chi connectivity index (χ2n) is 5.17. The Hall–Kier alpha value is -1.99. The third kappa shape index (κ3) is 3.68. The average molecular weight is 335 g/mol. The van der Waals surface area contributed by atoms with Crippen LogP contribution in [0.2, 0.25) is 0 Å². The zero-order valence-electron chi connectivity index (χ0n) is 13.6. The maximum Gasteiger partial charge on any atom is 0.337 e. The molecule has 0 atom stereocenters. The van der Waals surface area contributed by atoms with Crippen LogP contribution in [-0.2, 0) is 11.3 Å². The molecule has 0 aliphatic carbocycles. The summed E-state index contributed by atoms with van der Waals surface area (Å²) in [6.45, 7) is 7.32. The Balaban J connectivity index is 2.43. The molecule has 0 bridgehead atoms. The van der Waals surface area contributed by atoms with Gasteiger partial charge in [0.05, 0.1) is 23.6 Å². The Labute approximate surface area is 139 Å². The molecule has 0 radical (unpaired) electrons. The van der Waals surface area contributed by atoms with Crippen LogP contribution in [0.1, 0.15) is 24.2 Å². The maximum atomic E-state index is 12.6. The number of hydrogen-bond acceptors (Lipinski definition) is 5. The Bertz CT molecular complexity index is 821. The van der Waals surface area contributed by atoms with Gasteiger partial charge in [0.1, 0.15) is 0 Å². The van der Waals surface area contributed by atoms with Crippen LogP contribution in [0.4, 0.5) is 0 Å². The molecule has 2 rings (SSSR count). The van der Waals surface area contributed by atoms with Crippen LogP contribution < -0.4 is 5.56 Å². The summed E-state index contributed by atoms with van der Waals surface area (Å²) in [4.78, 5) is 29.5. The highest BCUT2D eigenvalue weighted by Gasteiger charge is 2.11. The first-order valence-electron chi connectivity index (χ1n) is 7.59. The van der Waals surface area contributed by atoms with Gasteiger partial charge in [0.15, 0.2) is 4.77 Å². The van der Waals surface area contributed by atoms with Crippen molar-refractivity contribution in [2.24, 2.45) is 0 Å². The standard InChI is InChI=1S/C16H21N3O3S/c1-4-18(5-2)8-9-19-14(20)12-7-6-11(15(21)22-3)10-13(12)17-16(19)23/h6-7,10H,4-5,8-9H2,1-3H3,(H,17,23). The van der Waals surface area contributed by atoms with Crippen molar-refractivity contribution in [1.82, 2.24) is 14.5 Å². The van der Waals surface area contributed by atoms with Gasteiger partial charge in [-0.15, -0.1) is 0 Å².